The SMILES string of the molecule is CC(=O)O/C(=C1/C[C@H]2[C@@H]3CC=C4CC(OC(C)=O)CC[C@]4(C)[C@H]3CC[C@]2(C)C1=O)C(F)(F)F. The topological polar surface area (TPSA) is 69.7 Å². The number of hydrogen-bond donors (Lipinski definition) is 0. The Morgan fingerprint density at radius 3 is 2.27 bits per heavy atom. The van der Waals surface area contributed by atoms with Crippen LogP contribution in [0, 0.1) is 28.6 Å². The number of ether oxygens (including phenoxy) is 2. The predicted molar refractivity (Wildman–Crippen MR) is 112 cm³/mol. The standard InChI is InChI=1S/C25H31F3O5/c1-13(29)32-16-7-9-23(3)15(11-16)5-6-17-19(23)8-10-24(4)20(17)12-18(21(24)31)22(25(26,27)28)33-14(2)30/h5,16-17,19-20H,6-12H2,1-4H3/b22-18-/t16?,17-,19+,20+,23+,24+/m1/s1. The first-order valence-corrected chi connectivity index (χ1v) is 11.7. The first kappa shape index (κ1) is 24.0. The Balaban J connectivity index is 1.67. The number of Topliss-reactive ketones (excluding diaryl/α,β-unsaturated/α-hetero) is 1. The van der Waals surface area contributed by atoms with E-state index in [1.165, 1.54) is 12.5 Å². The number of allylic oxidation sites excluding steroid dienone is 3. The third-order valence-electron chi connectivity index (χ3n) is 8.78. The zero-order valence-electron chi connectivity index (χ0n) is 19.5. The summed E-state index contributed by atoms with van der Waals surface area (Å²) in [7, 11) is 0. The fourth-order valence-corrected chi connectivity index (χ4v) is 7.23. The maximum absolute atomic E-state index is 13.7. The van der Waals surface area contributed by atoms with Crippen LogP contribution in [0.25, 0.3) is 0 Å². The Kier molecular flexibility index (Phi) is 5.81. The first-order chi connectivity index (χ1) is 15.3. The molecule has 1 unspecified atom stereocenters. The van der Waals surface area contributed by atoms with Crippen LogP contribution in [-0.4, -0.2) is 30.0 Å². The summed E-state index contributed by atoms with van der Waals surface area (Å²) in [5.74, 6) is -3.23. The van der Waals surface area contributed by atoms with Crippen molar-refractivity contribution >= 4 is 17.7 Å². The van der Waals surface area contributed by atoms with E-state index in [0.29, 0.717) is 19.3 Å². The van der Waals surface area contributed by atoms with Gasteiger partial charge in [0.1, 0.15) is 6.10 Å². The maximum Gasteiger partial charge on any atom is 0.450 e. The molecule has 4 aliphatic rings. The van der Waals surface area contributed by atoms with Crippen LogP contribution >= 0.6 is 0 Å². The van der Waals surface area contributed by atoms with Gasteiger partial charge in [-0.25, -0.2) is 0 Å². The molecule has 4 aliphatic carbocycles. The minimum Gasteiger partial charge on any atom is -0.462 e. The van der Waals surface area contributed by atoms with Crippen LogP contribution in [0.4, 0.5) is 13.2 Å². The molecule has 3 saturated carbocycles. The Labute approximate surface area is 191 Å². The molecule has 0 heterocycles. The van der Waals surface area contributed by atoms with Crippen molar-refractivity contribution in [3.63, 3.8) is 0 Å². The van der Waals surface area contributed by atoms with Crippen molar-refractivity contribution in [1.82, 2.24) is 0 Å². The van der Waals surface area contributed by atoms with Gasteiger partial charge in [-0.1, -0.05) is 25.5 Å². The van der Waals surface area contributed by atoms with Crippen molar-refractivity contribution in [2.45, 2.75) is 84.9 Å². The average molecular weight is 469 g/mol. The molecule has 4 rings (SSSR count). The number of esters is 2. The van der Waals surface area contributed by atoms with Crippen LogP contribution < -0.4 is 0 Å². The summed E-state index contributed by atoms with van der Waals surface area (Å²) >= 11 is 0. The molecule has 0 radical (unpaired) electrons. The quantitative estimate of drug-likeness (QED) is 0.234. The first-order valence-electron chi connectivity index (χ1n) is 11.7. The predicted octanol–water partition coefficient (Wildman–Crippen LogP) is 5.44. The van der Waals surface area contributed by atoms with Crippen LogP contribution in [0.1, 0.15) is 72.6 Å². The summed E-state index contributed by atoms with van der Waals surface area (Å²) in [6, 6.07) is 0. The lowest BCUT2D eigenvalue weighted by Gasteiger charge is -2.56. The molecule has 0 spiro atoms. The van der Waals surface area contributed by atoms with E-state index in [4.69, 9.17) is 4.74 Å². The molecule has 0 saturated heterocycles. The molecule has 0 aromatic heterocycles. The Morgan fingerprint density at radius 2 is 1.67 bits per heavy atom. The fourth-order valence-electron chi connectivity index (χ4n) is 7.23. The minimum atomic E-state index is -4.90. The Morgan fingerprint density at radius 1 is 1.00 bits per heavy atom. The highest BCUT2D eigenvalue weighted by molar-refractivity contribution is 6.03. The normalized spacial score (nSPS) is 39.6. The van der Waals surface area contributed by atoms with Gasteiger partial charge in [0.2, 0.25) is 5.76 Å². The summed E-state index contributed by atoms with van der Waals surface area (Å²) in [5, 5.41) is 0. The monoisotopic (exact) mass is 468 g/mol. The van der Waals surface area contributed by atoms with Crippen molar-refractivity contribution in [3.8, 4) is 0 Å². The molecule has 0 bridgehead atoms. The third-order valence-corrected chi connectivity index (χ3v) is 8.78. The molecule has 0 aromatic rings. The van der Waals surface area contributed by atoms with E-state index >= 15 is 0 Å². The summed E-state index contributed by atoms with van der Waals surface area (Å²) in [5.41, 5.74) is -0.117. The molecule has 0 aliphatic heterocycles. The van der Waals surface area contributed by atoms with Crippen molar-refractivity contribution in [1.29, 1.82) is 0 Å². The highest BCUT2D eigenvalue weighted by Crippen LogP contribution is 2.65. The number of halogens is 3. The van der Waals surface area contributed by atoms with E-state index in [9.17, 15) is 27.6 Å². The van der Waals surface area contributed by atoms with E-state index in [0.717, 1.165) is 26.2 Å². The molecule has 182 valence electrons. The van der Waals surface area contributed by atoms with E-state index in [-0.39, 0.29) is 47.2 Å². The van der Waals surface area contributed by atoms with E-state index in [1.54, 1.807) is 6.92 Å². The summed E-state index contributed by atoms with van der Waals surface area (Å²) in [4.78, 5) is 36.1. The minimum absolute atomic E-state index is 0.0199. The average Bonchev–Trinajstić information content (AvgIpc) is 2.96. The smallest absolute Gasteiger partial charge is 0.450 e. The van der Waals surface area contributed by atoms with Crippen LogP contribution in [-0.2, 0) is 23.9 Å². The molecule has 3 fully saturated rings. The van der Waals surface area contributed by atoms with E-state index in [2.05, 4.69) is 17.7 Å². The number of hydrogen-bond acceptors (Lipinski definition) is 5. The summed E-state index contributed by atoms with van der Waals surface area (Å²) in [6.07, 6.45) is 1.38. The number of carbonyl (C=O) groups is 3. The van der Waals surface area contributed by atoms with E-state index < -0.39 is 29.1 Å². The van der Waals surface area contributed by atoms with Crippen LogP contribution in [0.3, 0.4) is 0 Å². The highest BCUT2D eigenvalue weighted by Gasteiger charge is 2.61. The van der Waals surface area contributed by atoms with Crippen molar-refractivity contribution in [2.24, 2.45) is 28.6 Å². The second kappa shape index (κ2) is 7.98. The van der Waals surface area contributed by atoms with Crippen molar-refractivity contribution in [3.05, 3.63) is 23.0 Å². The summed E-state index contributed by atoms with van der Waals surface area (Å²) < 4.78 is 51.1. The molecule has 6 atom stereocenters. The van der Waals surface area contributed by atoms with Gasteiger partial charge in [0, 0.05) is 31.3 Å². The van der Waals surface area contributed by atoms with Gasteiger partial charge >= 0.3 is 18.1 Å². The molecular weight excluding hydrogens is 437 g/mol. The van der Waals surface area contributed by atoms with Gasteiger partial charge in [0.15, 0.2) is 5.78 Å². The third kappa shape index (κ3) is 3.93. The van der Waals surface area contributed by atoms with Crippen molar-refractivity contribution < 1.29 is 37.0 Å². The lowest BCUT2D eigenvalue weighted by molar-refractivity contribution is -0.159. The number of alkyl halides is 3. The van der Waals surface area contributed by atoms with Crippen LogP contribution in [0.5, 0.6) is 0 Å². The second-order valence-corrected chi connectivity index (χ2v) is 10.6. The van der Waals surface area contributed by atoms with Gasteiger partial charge in [-0.15, -0.1) is 0 Å². The van der Waals surface area contributed by atoms with Gasteiger partial charge in [-0.05, 0) is 61.7 Å². The zero-order chi connectivity index (χ0) is 24.3. The Bertz CT molecular complexity index is 948. The number of fused-ring (bicyclic) bond motifs is 5. The second-order valence-electron chi connectivity index (χ2n) is 10.6. The van der Waals surface area contributed by atoms with E-state index in [1.807, 2.05) is 0 Å². The Hall–Kier alpha value is -2.12. The molecule has 0 N–H and O–H groups in total. The molecule has 0 amide bonds. The molecule has 5 nitrogen and oxygen atoms in total. The van der Waals surface area contributed by atoms with Gasteiger partial charge in [0.25, 0.3) is 0 Å². The van der Waals surface area contributed by atoms with Gasteiger partial charge < -0.3 is 9.47 Å². The van der Waals surface area contributed by atoms with Gasteiger partial charge in [0.05, 0.1) is 0 Å². The van der Waals surface area contributed by atoms with Crippen molar-refractivity contribution in [2.75, 3.05) is 0 Å². The fraction of sp³-hybridized carbons (Fsp3) is 0.720. The molecule has 8 heteroatoms. The van der Waals surface area contributed by atoms with Crippen LogP contribution in [0.15, 0.2) is 23.0 Å². The largest absolute Gasteiger partial charge is 0.462 e. The lowest BCUT2D eigenvalue weighted by Crippen LogP contribution is -2.50. The lowest BCUT2D eigenvalue weighted by atomic mass is 9.48. The highest BCUT2D eigenvalue weighted by atomic mass is 19.4. The van der Waals surface area contributed by atoms with Gasteiger partial charge in [-0.3, -0.25) is 14.4 Å². The molecular formula is C25H31F3O5. The number of ketones is 1. The zero-order valence-corrected chi connectivity index (χ0v) is 19.5. The number of carbonyl (C=O) groups excluding carboxylic acids is 3. The van der Waals surface area contributed by atoms with Gasteiger partial charge in [-0.2, -0.15) is 13.2 Å². The molecule has 33 heavy (non-hydrogen) atoms. The molecule has 0 aromatic carbocycles. The number of rotatable bonds is 2. The summed E-state index contributed by atoms with van der Waals surface area (Å²) in [6.45, 7) is 6.32. The van der Waals surface area contributed by atoms with Crippen LogP contribution in [0.2, 0.25) is 0 Å². The maximum atomic E-state index is 13.7.